The fraction of sp³-hybridized carbons (Fsp3) is 0.890. The van der Waals surface area contributed by atoms with E-state index in [2.05, 4.69) is 50.3 Å². The van der Waals surface area contributed by atoms with Crippen LogP contribution in [0.25, 0.3) is 0 Å². The van der Waals surface area contributed by atoms with Gasteiger partial charge < -0.3 is 18.9 Å². The number of esters is 2. The van der Waals surface area contributed by atoms with Gasteiger partial charge in [0.25, 0.3) is 0 Å². The lowest BCUT2D eigenvalue weighted by Gasteiger charge is -2.24. The number of rotatable bonds is 68. The van der Waals surface area contributed by atoms with E-state index in [4.69, 9.17) is 18.5 Å². The van der Waals surface area contributed by atoms with E-state index in [0.29, 0.717) is 23.9 Å². The Balaban J connectivity index is 3.94. The van der Waals surface area contributed by atoms with Crippen LogP contribution in [0.15, 0.2) is 36.5 Å². The molecular formula is C73H141NO8P+. The molecule has 9 nitrogen and oxygen atoms in total. The lowest BCUT2D eigenvalue weighted by Crippen LogP contribution is -2.37. The van der Waals surface area contributed by atoms with Gasteiger partial charge in [-0.25, -0.2) is 4.57 Å². The van der Waals surface area contributed by atoms with Gasteiger partial charge in [-0.2, -0.15) is 0 Å². The Labute approximate surface area is 516 Å². The summed E-state index contributed by atoms with van der Waals surface area (Å²) in [7, 11) is 1.49. The molecule has 0 aliphatic rings. The Kier molecular flexibility index (Phi) is 63.3. The lowest BCUT2D eigenvalue weighted by atomic mass is 10.0. The van der Waals surface area contributed by atoms with Gasteiger partial charge in [-0.1, -0.05) is 339 Å². The smallest absolute Gasteiger partial charge is 0.462 e. The third-order valence-electron chi connectivity index (χ3n) is 16.4. The Morgan fingerprint density at radius 1 is 0.373 bits per heavy atom. The maximum absolute atomic E-state index is 12.9. The highest BCUT2D eigenvalue weighted by molar-refractivity contribution is 7.47. The Hall–Kier alpha value is -1.77. The quantitative estimate of drug-likeness (QED) is 0.0211. The van der Waals surface area contributed by atoms with Gasteiger partial charge in [-0.05, 0) is 51.4 Å². The first kappa shape index (κ1) is 81.2. The van der Waals surface area contributed by atoms with Crippen molar-refractivity contribution in [2.75, 3.05) is 47.5 Å². The van der Waals surface area contributed by atoms with Crippen molar-refractivity contribution in [2.45, 2.75) is 373 Å². The van der Waals surface area contributed by atoms with Crippen molar-refractivity contribution in [1.82, 2.24) is 0 Å². The number of phosphoric acid groups is 1. The van der Waals surface area contributed by atoms with Crippen LogP contribution in [0, 0.1) is 0 Å². The molecule has 490 valence electrons. The molecule has 2 unspecified atom stereocenters. The number of allylic oxidation sites excluding steroid dienone is 6. The van der Waals surface area contributed by atoms with E-state index in [9.17, 15) is 19.0 Å². The van der Waals surface area contributed by atoms with Crippen LogP contribution in [0.1, 0.15) is 367 Å². The maximum atomic E-state index is 12.9. The van der Waals surface area contributed by atoms with Crippen molar-refractivity contribution in [3.05, 3.63) is 36.5 Å². The van der Waals surface area contributed by atoms with Gasteiger partial charge >= 0.3 is 19.8 Å². The summed E-state index contributed by atoms with van der Waals surface area (Å²) in [6.45, 7) is 4.48. The van der Waals surface area contributed by atoms with E-state index in [1.165, 1.54) is 276 Å². The average molecular weight is 1190 g/mol. The molecule has 0 aromatic carbocycles. The molecule has 83 heavy (non-hydrogen) atoms. The second kappa shape index (κ2) is 64.7. The summed E-state index contributed by atoms with van der Waals surface area (Å²) in [5.74, 6) is -0.788. The number of hydrogen-bond acceptors (Lipinski definition) is 7. The summed E-state index contributed by atoms with van der Waals surface area (Å²) in [6, 6.07) is 0. The molecule has 0 heterocycles. The topological polar surface area (TPSA) is 108 Å². The molecule has 0 aliphatic carbocycles. The number of nitrogens with zero attached hydrogens (tertiary/aromatic N) is 1. The number of unbranched alkanes of at least 4 members (excludes halogenated alkanes) is 48. The molecule has 0 radical (unpaired) electrons. The van der Waals surface area contributed by atoms with E-state index in [0.717, 1.165) is 57.8 Å². The molecular weight excluding hydrogens is 1050 g/mol. The molecule has 0 aromatic rings. The van der Waals surface area contributed by atoms with Crippen LogP contribution in [-0.2, 0) is 32.7 Å². The highest BCUT2D eigenvalue weighted by atomic mass is 31.2. The predicted octanol–water partition coefficient (Wildman–Crippen LogP) is 23.4. The normalized spacial score (nSPS) is 13.3. The molecule has 2 atom stereocenters. The van der Waals surface area contributed by atoms with Crippen LogP contribution in [0.3, 0.4) is 0 Å². The van der Waals surface area contributed by atoms with Gasteiger partial charge in [0.1, 0.15) is 19.8 Å². The average Bonchev–Trinajstić information content (AvgIpc) is 3.49. The molecule has 0 bridgehead atoms. The van der Waals surface area contributed by atoms with Crippen LogP contribution in [0.5, 0.6) is 0 Å². The van der Waals surface area contributed by atoms with Crippen molar-refractivity contribution in [1.29, 1.82) is 0 Å². The summed E-state index contributed by atoms with van der Waals surface area (Å²) in [5, 5.41) is 0. The first-order valence-electron chi connectivity index (χ1n) is 36.2. The Morgan fingerprint density at radius 2 is 0.651 bits per heavy atom. The summed E-state index contributed by atoms with van der Waals surface area (Å²) in [6.07, 6.45) is 82.7. The third-order valence-corrected chi connectivity index (χ3v) is 17.4. The monoisotopic (exact) mass is 1190 g/mol. The third kappa shape index (κ3) is 69.2. The summed E-state index contributed by atoms with van der Waals surface area (Å²) < 4.78 is 34.7. The maximum Gasteiger partial charge on any atom is 0.472 e. The highest BCUT2D eigenvalue weighted by Crippen LogP contribution is 2.43. The molecule has 0 fully saturated rings. The second-order valence-electron chi connectivity index (χ2n) is 26.0. The summed E-state index contributed by atoms with van der Waals surface area (Å²) in [4.78, 5) is 35.9. The number of likely N-dealkylation sites (N-methyl/N-ethyl adjacent to an activating group) is 1. The number of ether oxygens (including phenoxy) is 2. The zero-order chi connectivity index (χ0) is 60.5. The fourth-order valence-corrected chi connectivity index (χ4v) is 11.6. The van der Waals surface area contributed by atoms with Gasteiger partial charge in [-0.15, -0.1) is 0 Å². The number of phosphoric ester groups is 1. The molecule has 0 aromatic heterocycles. The van der Waals surface area contributed by atoms with Crippen LogP contribution < -0.4 is 0 Å². The first-order chi connectivity index (χ1) is 40.5. The molecule has 0 saturated carbocycles. The number of hydrogen-bond donors (Lipinski definition) is 1. The summed E-state index contributed by atoms with van der Waals surface area (Å²) in [5.41, 5.74) is 0. The minimum absolute atomic E-state index is 0.0316. The van der Waals surface area contributed by atoms with Crippen molar-refractivity contribution in [2.24, 2.45) is 0 Å². The highest BCUT2D eigenvalue weighted by Gasteiger charge is 2.27. The largest absolute Gasteiger partial charge is 0.472 e. The van der Waals surface area contributed by atoms with Gasteiger partial charge in [0.15, 0.2) is 6.10 Å². The molecule has 10 heteroatoms. The van der Waals surface area contributed by atoms with Gasteiger partial charge in [0.2, 0.25) is 0 Å². The van der Waals surface area contributed by atoms with E-state index in [1.54, 1.807) is 0 Å². The van der Waals surface area contributed by atoms with Crippen molar-refractivity contribution in [3.8, 4) is 0 Å². The first-order valence-corrected chi connectivity index (χ1v) is 37.7. The zero-order valence-electron chi connectivity index (χ0n) is 56.0. The van der Waals surface area contributed by atoms with E-state index >= 15 is 0 Å². The SMILES string of the molecule is CCCCCCC/C=C\C/C=C\C/C=C\CCCCCCCCCCC(=O)OC(COC(=O)CCCCCCCCCCCCCCCCCCCCCCCCCCCCCCCCCCCCCC)COP(=O)(O)OCC[N+](C)(C)C. The minimum Gasteiger partial charge on any atom is -0.462 e. The van der Waals surface area contributed by atoms with Crippen LogP contribution in [0.4, 0.5) is 0 Å². The van der Waals surface area contributed by atoms with Crippen LogP contribution >= 0.6 is 7.82 Å². The molecule has 0 rings (SSSR count). The Bertz CT molecular complexity index is 1490. The Morgan fingerprint density at radius 3 is 0.964 bits per heavy atom. The van der Waals surface area contributed by atoms with E-state index < -0.39 is 26.5 Å². The standard InChI is InChI=1S/C73H140NO8P/c1-6-8-10-12-14-16-18-20-22-24-26-28-30-31-32-33-34-35-36-37-38-39-40-41-42-44-45-47-49-51-53-55-57-59-61-63-65-72(75)79-69-71(70-81-83(77,78)80-68-67-74(3,4)5)82-73(76)66-64-62-60-58-56-54-52-50-48-46-43-29-27-25-23-21-19-17-15-13-11-9-7-2/h19,21,25,27,43,46,71H,6-18,20,22-24,26,28-42,44-45,47-70H2,1-5H3/p+1/b21-19-,27-25-,46-43-. The van der Waals surface area contributed by atoms with Crippen molar-refractivity contribution in [3.63, 3.8) is 0 Å². The van der Waals surface area contributed by atoms with Gasteiger partial charge in [-0.3, -0.25) is 18.6 Å². The minimum atomic E-state index is -4.39. The number of carbonyl (C=O) groups excluding carboxylic acids is 2. The fourth-order valence-electron chi connectivity index (χ4n) is 10.9. The molecule has 0 aliphatic heterocycles. The van der Waals surface area contributed by atoms with Gasteiger partial charge in [0, 0.05) is 12.8 Å². The molecule has 1 N–H and O–H groups in total. The van der Waals surface area contributed by atoms with Crippen LogP contribution in [-0.4, -0.2) is 74.9 Å². The van der Waals surface area contributed by atoms with Crippen molar-refractivity contribution < 1.29 is 42.1 Å². The number of quaternary nitrogens is 1. The molecule has 0 spiro atoms. The van der Waals surface area contributed by atoms with E-state index in [-0.39, 0.29) is 25.6 Å². The van der Waals surface area contributed by atoms with E-state index in [1.807, 2.05) is 21.1 Å². The molecule has 0 amide bonds. The zero-order valence-corrected chi connectivity index (χ0v) is 56.9. The van der Waals surface area contributed by atoms with Crippen molar-refractivity contribution >= 4 is 19.8 Å². The predicted molar refractivity (Wildman–Crippen MR) is 358 cm³/mol. The summed E-state index contributed by atoms with van der Waals surface area (Å²) >= 11 is 0. The van der Waals surface area contributed by atoms with Crippen LogP contribution in [0.2, 0.25) is 0 Å². The molecule has 0 saturated heterocycles. The van der Waals surface area contributed by atoms with Gasteiger partial charge in [0.05, 0.1) is 27.7 Å². The number of carbonyl (C=O) groups is 2. The lowest BCUT2D eigenvalue weighted by molar-refractivity contribution is -0.870. The second-order valence-corrected chi connectivity index (χ2v) is 27.4.